The average Bonchev–Trinajstić information content (AvgIpc) is 2.88. The van der Waals surface area contributed by atoms with E-state index < -0.39 is 0 Å². The Kier molecular flexibility index (Phi) is 4.44. The molecule has 94 valence electrons. The maximum absolute atomic E-state index is 5.44. The first kappa shape index (κ1) is 12.4. The Hall–Kier alpha value is -1.01. The van der Waals surface area contributed by atoms with Crippen molar-refractivity contribution in [3.63, 3.8) is 0 Å². The molecule has 0 saturated carbocycles. The van der Waals surface area contributed by atoms with Crippen molar-refractivity contribution in [3.8, 4) is 0 Å². The lowest BCUT2D eigenvalue weighted by molar-refractivity contribution is 0.630. The molecule has 0 aliphatic carbocycles. The molecule has 1 fully saturated rings. The summed E-state index contributed by atoms with van der Waals surface area (Å²) < 4.78 is 0. The minimum Gasteiger partial charge on any atom is -0.369 e. The molecule has 1 aromatic rings. The molecule has 1 atom stereocenters. The van der Waals surface area contributed by atoms with Crippen molar-refractivity contribution < 1.29 is 0 Å². The van der Waals surface area contributed by atoms with Crippen LogP contribution in [0.3, 0.4) is 0 Å². The molecule has 17 heavy (non-hydrogen) atoms. The van der Waals surface area contributed by atoms with Crippen LogP contribution in [0, 0.1) is 5.92 Å². The molecule has 1 aliphatic heterocycles. The highest BCUT2D eigenvalue weighted by Crippen LogP contribution is 2.25. The number of hydrazine groups is 1. The van der Waals surface area contributed by atoms with Crippen molar-refractivity contribution >= 4 is 23.4 Å². The zero-order valence-corrected chi connectivity index (χ0v) is 10.9. The molecule has 0 radical (unpaired) electrons. The van der Waals surface area contributed by atoms with Gasteiger partial charge in [0.05, 0.1) is 0 Å². The third kappa shape index (κ3) is 3.01. The van der Waals surface area contributed by atoms with Crippen LogP contribution in [-0.4, -0.2) is 28.0 Å². The van der Waals surface area contributed by atoms with Crippen LogP contribution in [0.1, 0.15) is 18.9 Å². The van der Waals surface area contributed by atoms with Crippen LogP contribution in [0.5, 0.6) is 0 Å². The largest absolute Gasteiger partial charge is 0.369 e. The first-order valence-corrected chi connectivity index (χ1v) is 7.12. The van der Waals surface area contributed by atoms with Crippen LogP contribution in [0.25, 0.3) is 0 Å². The van der Waals surface area contributed by atoms with Crippen LogP contribution < -0.4 is 16.6 Å². The molecule has 0 amide bonds. The van der Waals surface area contributed by atoms with Crippen LogP contribution in [-0.2, 0) is 6.42 Å². The average molecular weight is 253 g/mol. The number of rotatable bonds is 5. The third-order valence-corrected chi connectivity index (χ3v) is 4.25. The summed E-state index contributed by atoms with van der Waals surface area (Å²) in [4.78, 5) is 8.41. The van der Waals surface area contributed by atoms with Crippen LogP contribution in [0.15, 0.2) is 6.33 Å². The number of thioether (sulfide) groups is 1. The SMILES string of the molecule is CCc1c(NN)ncnc1NCC1CCSC1. The second kappa shape index (κ2) is 6.07. The van der Waals surface area contributed by atoms with E-state index >= 15 is 0 Å². The van der Waals surface area contributed by atoms with Gasteiger partial charge in [0.2, 0.25) is 0 Å². The summed E-state index contributed by atoms with van der Waals surface area (Å²) in [6, 6.07) is 0. The number of nitrogen functional groups attached to an aromatic ring is 1. The minimum atomic E-state index is 0.714. The lowest BCUT2D eigenvalue weighted by atomic mass is 10.1. The lowest BCUT2D eigenvalue weighted by Gasteiger charge is -2.14. The first-order chi connectivity index (χ1) is 8.35. The van der Waals surface area contributed by atoms with E-state index in [0.717, 1.165) is 30.3 Å². The Morgan fingerprint density at radius 3 is 2.94 bits per heavy atom. The van der Waals surface area contributed by atoms with Gasteiger partial charge in [-0.15, -0.1) is 0 Å². The second-order valence-electron chi connectivity index (χ2n) is 4.16. The van der Waals surface area contributed by atoms with Crippen LogP contribution in [0.4, 0.5) is 11.6 Å². The fourth-order valence-corrected chi connectivity index (χ4v) is 3.29. The molecular formula is C11H19N5S. The molecular weight excluding hydrogens is 234 g/mol. The monoisotopic (exact) mass is 253 g/mol. The number of aromatic nitrogens is 2. The molecule has 2 rings (SSSR count). The smallest absolute Gasteiger partial charge is 0.148 e. The molecule has 1 aromatic heterocycles. The van der Waals surface area contributed by atoms with Crippen molar-refractivity contribution in [2.45, 2.75) is 19.8 Å². The van der Waals surface area contributed by atoms with E-state index in [0.29, 0.717) is 5.82 Å². The van der Waals surface area contributed by atoms with Gasteiger partial charge >= 0.3 is 0 Å². The van der Waals surface area contributed by atoms with Gasteiger partial charge in [-0.2, -0.15) is 11.8 Å². The van der Waals surface area contributed by atoms with E-state index in [2.05, 4.69) is 27.6 Å². The summed E-state index contributed by atoms with van der Waals surface area (Å²) in [5.41, 5.74) is 3.68. The quantitative estimate of drug-likeness (QED) is 0.545. The molecule has 0 spiro atoms. The van der Waals surface area contributed by atoms with Gasteiger partial charge in [-0.1, -0.05) is 6.92 Å². The summed E-state index contributed by atoms with van der Waals surface area (Å²) in [5.74, 6) is 10.4. The van der Waals surface area contributed by atoms with Gasteiger partial charge in [-0.05, 0) is 30.3 Å². The maximum Gasteiger partial charge on any atom is 0.148 e. The van der Waals surface area contributed by atoms with E-state index in [1.54, 1.807) is 6.33 Å². The van der Waals surface area contributed by atoms with Gasteiger partial charge in [0.1, 0.15) is 18.0 Å². The van der Waals surface area contributed by atoms with Crippen LogP contribution in [0.2, 0.25) is 0 Å². The normalized spacial score (nSPS) is 19.3. The van der Waals surface area contributed by atoms with E-state index in [9.17, 15) is 0 Å². The Bertz CT molecular complexity index is 365. The van der Waals surface area contributed by atoms with Crippen molar-refractivity contribution in [3.05, 3.63) is 11.9 Å². The predicted octanol–water partition coefficient (Wildman–Crippen LogP) is 1.49. The Balaban J connectivity index is 2.03. The number of nitrogens with two attached hydrogens (primary N) is 1. The molecule has 1 aliphatic rings. The highest BCUT2D eigenvalue weighted by molar-refractivity contribution is 7.99. The topological polar surface area (TPSA) is 75.9 Å². The summed E-state index contributed by atoms with van der Waals surface area (Å²) >= 11 is 2.03. The summed E-state index contributed by atoms with van der Waals surface area (Å²) in [6.45, 7) is 3.07. The lowest BCUT2D eigenvalue weighted by Crippen LogP contribution is -2.18. The highest BCUT2D eigenvalue weighted by atomic mass is 32.2. The first-order valence-electron chi connectivity index (χ1n) is 5.97. The van der Waals surface area contributed by atoms with Gasteiger partial charge in [-0.25, -0.2) is 15.8 Å². The number of nitrogens with one attached hydrogen (secondary N) is 2. The van der Waals surface area contributed by atoms with Gasteiger partial charge in [-0.3, -0.25) is 0 Å². The van der Waals surface area contributed by atoms with E-state index in [1.165, 1.54) is 17.9 Å². The number of anilines is 2. The Labute approximate surface area is 106 Å². The van der Waals surface area contributed by atoms with Crippen molar-refractivity contribution in [2.75, 3.05) is 28.8 Å². The highest BCUT2D eigenvalue weighted by Gasteiger charge is 2.16. The number of nitrogens with zero attached hydrogens (tertiary/aromatic N) is 2. The number of hydrogen-bond acceptors (Lipinski definition) is 6. The third-order valence-electron chi connectivity index (χ3n) is 3.02. The van der Waals surface area contributed by atoms with Gasteiger partial charge in [0, 0.05) is 12.1 Å². The molecule has 0 bridgehead atoms. The molecule has 2 heterocycles. The summed E-state index contributed by atoms with van der Waals surface area (Å²) in [6.07, 6.45) is 3.70. The maximum atomic E-state index is 5.44. The molecule has 1 saturated heterocycles. The summed E-state index contributed by atoms with van der Waals surface area (Å²) in [7, 11) is 0. The standard InChI is InChI=1S/C11H19N5S/c1-2-9-10(14-7-15-11(9)16-12)13-5-8-3-4-17-6-8/h7-8H,2-6,12H2,1H3,(H2,13,14,15,16). The fraction of sp³-hybridized carbons (Fsp3) is 0.636. The van der Waals surface area contributed by atoms with E-state index in [4.69, 9.17) is 5.84 Å². The Morgan fingerprint density at radius 2 is 2.29 bits per heavy atom. The molecule has 0 aromatic carbocycles. The number of hydrogen-bond donors (Lipinski definition) is 3. The molecule has 1 unspecified atom stereocenters. The summed E-state index contributed by atoms with van der Waals surface area (Å²) in [5, 5.41) is 3.42. The predicted molar refractivity (Wildman–Crippen MR) is 73.1 cm³/mol. The van der Waals surface area contributed by atoms with Gasteiger partial charge < -0.3 is 10.7 Å². The molecule has 5 nitrogen and oxygen atoms in total. The van der Waals surface area contributed by atoms with Crippen molar-refractivity contribution in [1.82, 2.24) is 9.97 Å². The van der Waals surface area contributed by atoms with Crippen LogP contribution >= 0.6 is 11.8 Å². The Morgan fingerprint density at radius 1 is 1.47 bits per heavy atom. The fourth-order valence-electron chi connectivity index (χ4n) is 2.01. The van der Waals surface area contributed by atoms with E-state index in [-0.39, 0.29) is 0 Å². The van der Waals surface area contributed by atoms with E-state index in [1.807, 2.05) is 11.8 Å². The zero-order valence-electron chi connectivity index (χ0n) is 10.1. The van der Waals surface area contributed by atoms with Crippen molar-refractivity contribution in [2.24, 2.45) is 11.8 Å². The van der Waals surface area contributed by atoms with Crippen molar-refractivity contribution in [1.29, 1.82) is 0 Å². The second-order valence-corrected chi connectivity index (χ2v) is 5.31. The minimum absolute atomic E-state index is 0.714. The van der Waals surface area contributed by atoms with Gasteiger partial charge in [0.15, 0.2) is 0 Å². The zero-order chi connectivity index (χ0) is 12.1. The molecule has 6 heteroatoms. The molecule has 4 N–H and O–H groups in total. The van der Waals surface area contributed by atoms with Gasteiger partial charge in [0.25, 0.3) is 0 Å².